The van der Waals surface area contributed by atoms with Gasteiger partial charge in [-0.15, -0.1) is 11.3 Å². The highest BCUT2D eigenvalue weighted by Crippen LogP contribution is 2.22. The summed E-state index contributed by atoms with van der Waals surface area (Å²) in [6.07, 6.45) is 5.25. The highest BCUT2D eigenvalue weighted by molar-refractivity contribution is 7.13. The second kappa shape index (κ2) is 3.90. The van der Waals surface area contributed by atoms with Crippen LogP contribution in [0, 0.1) is 0 Å². The van der Waals surface area contributed by atoms with Gasteiger partial charge in [0.15, 0.2) is 0 Å². The quantitative estimate of drug-likeness (QED) is 0.747. The number of nitrogens with zero attached hydrogens (tertiary/aromatic N) is 4. The topological polar surface area (TPSA) is 59.4 Å². The van der Waals surface area contributed by atoms with Gasteiger partial charge in [-0.25, -0.2) is 9.97 Å². The van der Waals surface area contributed by atoms with E-state index in [1.807, 2.05) is 22.2 Å². The summed E-state index contributed by atoms with van der Waals surface area (Å²) in [7, 11) is 0. The molecule has 80 valence electrons. The normalized spacial score (nSPS) is 10.8. The van der Waals surface area contributed by atoms with E-state index in [0.29, 0.717) is 6.54 Å². The van der Waals surface area contributed by atoms with Crippen LogP contribution in [0.5, 0.6) is 0 Å². The Labute approximate surface area is 95.8 Å². The molecule has 3 rings (SSSR count). The number of nitrogens with one attached hydrogen (secondary N) is 1. The minimum absolute atomic E-state index is 0.660. The fraction of sp³-hybridized carbons (Fsp3) is 0.100. The van der Waals surface area contributed by atoms with Gasteiger partial charge in [0.1, 0.15) is 18.0 Å². The molecule has 3 heterocycles. The molecule has 0 aromatic carbocycles. The van der Waals surface area contributed by atoms with Crippen LogP contribution in [-0.2, 0) is 6.54 Å². The van der Waals surface area contributed by atoms with E-state index in [-0.39, 0.29) is 0 Å². The van der Waals surface area contributed by atoms with Gasteiger partial charge < -0.3 is 4.57 Å². The first kappa shape index (κ1) is 9.29. The van der Waals surface area contributed by atoms with Gasteiger partial charge in [0, 0.05) is 12.4 Å². The first-order valence-electron chi connectivity index (χ1n) is 4.83. The lowest BCUT2D eigenvalue weighted by atomic mass is 10.4. The van der Waals surface area contributed by atoms with Crippen LogP contribution in [0.3, 0.4) is 0 Å². The third-order valence-corrected chi connectivity index (χ3v) is 3.11. The van der Waals surface area contributed by atoms with Crippen LogP contribution in [0.4, 0.5) is 0 Å². The van der Waals surface area contributed by atoms with E-state index in [0.717, 1.165) is 16.5 Å². The van der Waals surface area contributed by atoms with Crippen LogP contribution in [-0.4, -0.2) is 24.7 Å². The van der Waals surface area contributed by atoms with E-state index < -0.39 is 0 Å². The molecule has 6 heteroatoms. The van der Waals surface area contributed by atoms with Crippen LogP contribution in [0.1, 0.15) is 5.82 Å². The molecule has 0 aliphatic heterocycles. The Hall–Kier alpha value is -1.95. The first-order valence-corrected chi connectivity index (χ1v) is 5.71. The van der Waals surface area contributed by atoms with Crippen molar-refractivity contribution in [1.29, 1.82) is 0 Å². The van der Waals surface area contributed by atoms with Crippen molar-refractivity contribution in [2.24, 2.45) is 0 Å². The van der Waals surface area contributed by atoms with Crippen molar-refractivity contribution in [2.75, 3.05) is 0 Å². The average Bonchev–Trinajstić information content (AvgIpc) is 2.98. The molecule has 0 unspecified atom stereocenters. The molecular weight excluding hydrogens is 222 g/mol. The predicted molar refractivity (Wildman–Crippen MR) is 61.0 cm³/mol. The van der Waals surface area contributed by atoms with E-state index >= 15 is 0 Å². The maximum atomic E-state index is 4.35. The smallest absolute Gasteiger partial charge is 0.150 e. The molecule has 1 N–H and O–H groups in total. The van der Waals surface area contributed by atoms with Crippen LogP contribution >= 0.6 is 11.3 Å². The SMILES string of the molecule is c1csc(-c2nccn2Cc2ncn[nH]2)c1. The minimum Gasteiger partial charge on any atom is -0.323 e. The van der Waals surface area contributed by atoms with Crippen LogP contribution in [0.25, 0.3) is 10.7 Å². The molecule has 3 aromatic rings. The van der Waals surface area contributed by atoms with Crippen molar-refractivity contribution in [3.63, 3.8) is 0 Å². The summed E-state index contributed by atoms with van der Waals surface area (Å²) in [5.41, 5.74) is 0. The number of hydrogen-bond acceptors (Lipinski definition) is 4. The maximum absolute atomic E-state index is 4.35. The number of aromatic amines is 1. The second-order valence-electron chi connectivity index (χ2n) is 3.29. The van der Waals surface area contributed by atoms with E-state index in [1.165, 1.54) is 6.33 Å². The number of hydrogen-bond donors (Lipinski definition) is 1. The Morgan fingerprint density at radius 2 is 2.38 bits per heavy atom. The maximum Gasteiger partial charge on any atom is 0.150 e. The molecule has 0 fully saturated rings. The summed E-state index contributed by atoms with van der Waals surface area (Å²) >= 11 is 1.68. The van der Waals surface area contributed by atoms with E-state index in [2.05, 4.69) is 26.2 Å². The Bertz CT molecular complexity index is 552. The summed E-state index contributed by atoms with van der Waals surface area (Å²) in [6, 6.07) is 4.08. The fourth-order valence-electron chi connectivity index (χ4n) is 1.54. The summed E-state index contributed by atoms with van der Waals surface area (Å²) in [5, 5.41) is 8.71. The Morgan fingerprint density at radius 3 is 3.12 bits per heavy atom. The van der Waals surface area contributed by atoms with Crippen LogP contribution in [0.2, 0.25) is 0 Å². The zero-order chi connectivity index (χ0) is 10.8. The lowest BCUT2D eigenvalue weighted by molar-refractivity contribution is 0.756. The lowest BCUT2D eigenvalue weighted by Gasteiger charge is -2.03. The standard InChI is InChI=1S/C10H9N5S/c1-2-8(16-5-1)10-11-3-4-15(10)6-9-12-7-13-14-9/h1-5,7H,6H2,(H,12,13,14). The Morgan fingerprint density at radius 1 is 1.38 bits per heavy atom. The molecule has 0 atom stereocenters. The molecule has 0 aliphatic rings. The third-order valence-electron chi connectivity index (χ3n) is 2.24. The molecule has 0 aliphatic carbocycles. The minimum atomic E-state index is 0.660. The monoisotopic (exact) mass is 231 g/mol. The van der Waals surface area contributed by atoms with Gasteiger partial charge in [-0.05, 0) is 11.4 Å². The predicted octanol–water partition coefficient (Wildman–Crippen LogP) is 1.78. The first-order chi connectivity index (χ1) is 7.93. The van der Waals surface area contributed by atoms with Crippen molar-refractivity contribution < 1.29 is 0 Å². The van der Waals surface area contributed by atoms with Crippen LogP contribution in [0.15, 0.2) is 36.2 Å². The van der Waals surface area contributed by atoms with Gasteiger partial charge in [0.2, 0.25) is 0 Å². The second-order valence-corrected chi connectivity index (χ2v) is 4.24. The molecule has 0 saturated carbocycles. The number of rotatable bonds is 3. The molecule has 0 saturated heterocycles. The van der Waals surface area contributed by atoms with Crippen molar-refractivity contribution >= 4 is 11.3 Å². The zero-order valence-electron chi connectivity index (χ0n) is 8.37. The van der Waals surface area contributed by atoms with Crippen molar-refractivity contribution in [3.8, 4) is 10.7 Å². The highest BCUT2D eigenvalue weighted by atomic mass is 32.1. The van der Waals surface area contributed by atoms with E-state index in [1.54, 1.807) is 17.5 Å². The zero-order valence-corrected chi connectivity index (χ0v) is 9.18. The van der Waals surface area contributed by atoms with Crippen molar-refractivity contribution in [2.45, 2.75) is 6.54 Å². The lowest BCUT2D eigenvalue weighted by Crippen LogP contribution is -2.02. The van der Waals surface area contributed by atoms with Gasteiger partial charge in [0.05, 0.1) is 11.4 Å². The molecule has 3 aromatic heterocycles. The van der Waals surface area contributed by atoms with Gasteiger partial charge in [0.25, 0.3) is 0 Å². The molecule has 16 heavy (non-hydrogen) atoms. The largest absolute Gasteiger partial charge is 0.323 e. The van der Waals surface area contributed by atoms with Gasteiger partial charge in [-0.1, -0.05) is 6.07 Å². The summed E-state index contributed by atoms with van der Waals surface area (Å²) < 4.78 is 2.05. The van der Waals surface area contributed by atoms with Crippen molar-refractivity contribution in [3.05, 3.63) is 42.1 Å². The van der Waals surface area contributed by atoms with Gasteiger partial charge in [-0.2, -0.15) is 5.10 Å². The number of imidazole rings is 1. The highest BCUT2D eigenvalue weighted by Gasteiger charge is 2.07. The van der Waals surface area contributed by atoms with E-state index in [4.69, 9.17) is 0 Å². The molecule has 0 amide bonds. The summed E-state index contributed by atoms with van der Waals surface area (Å²) in [5.74, 6) is 1.79. The number of H-pyrrole nitrogens is 1. The molecular formula is C10H9N5S. The van der Waals surface area contributed by atoms with Gasteiger partial charge >= 0.3 is 0 Å². The Kier molecular flexibility index (Phi) is 2.26. The molecule has 0 spiro atoms. The number of aromatic nitrogens is 5. The average molecular weight is 231 g/mol. The summed E-state index contributed by atoms with van der Waals surface area (Å²) in [4.78, 5) is 9.61. The number of thiophene rings is 1. The Balaban J connectivity index is 1.94. The van der Waals surface area contributed by atoms with Crippen molar-refractivity contribution in [1.82, 2.24) is 24.7 Å². The molecule has 0 radical (unpaired) electrons. The van der Waals surface area contributed by atoms with Gasteiger partial charge in [-0.3, -0.25) is 5.10 Å². The summed E-state index contributed by atoms with van der Waals surface area (Å²) in [6.45, 7) is 0.660. The van der Waals surface area contributed by atoms with Crippen LogP contribution < -0.4 is 0 Å². The molecule has 5 nitrogen and oxygen atoms in total. The van der Waals surface area contributed by atoms with E-state index in [9.17, 15) is 0 Å². The fourth-order valence-corrected chi connectivity index (χ4v) is 2.27. The molecule has 0 bridgehead atoms. The third kappa shape index (κ3) is 1.63.